The molecule has 1 atom stereocenters. The van der Waals surface area contributed by atoms with Crippen molar-refractivity contribution < 1.29 is 18.7 Å². The molecule has 0 saturated heterocycles. The number of hydrogen-bond donors (Lipinski definition) is 1. The number of benzene rings is 2. The van der Waals surface area contributed by atoms with Crippen LogP contribution in [-0.4, -0.2) is 19.6 Å². The monoisotopic (exact) mass is 353 g/mol. The van der Waals surface area contributed by atoms with E-state index in [1.54, 1.807) is 7.11 Å². The van der Waals surface area contributed by atoms with Gasteiger partial charge in [-0.1, -0.05) is 30.3 Å². The summed E-state index contributed by atoms with van der Waals surface area (Å²) in [6.07, 6.45) is 0.249. The van der Waals surface area contributed by atoms with Gasteiger partial charge >= 0.3 is 0 Å². The first kappa shape index (κ1) is 17.9. The van der Waals surface area contributed by atoms with E-state index >= 15 is 0 Å². The summed E-state index contributed by atoms with van der Waals surface area (Å²) in [7, 11) is 1.60. The Morgan fingerprint density at radius 3 is 2.69 bits per heavy atom. The smallest absolute Gasteiger partial charge is 0.225 e. The lowest BCUT2D eigenvalue weighted by Crippen LogP contribution is -2.28. The average molecular weight is 353 g/mol. The van der Waals surface area contributed by atoms with Gasteiger partial charge in [-0.15, -0.1) is 0 Å². The van der Waals surface area contributed by atoms with E-state index in [-0.39, 0.29) is 18.4 Å². The van der Waals surface area contributed by atoms with Crippen LogP contribution < -0.4 is 14.8 Å². The van der Waals surface area contributed by atoms with Crippen LogP contribution in [0.1, 0.15) is 31.2 Å². The van der Waals surface area contributed by atoms with Gasteiger partial charge in [0.05, 0.1) is 26.2 Å². The van der Waals surface area contributed by atoms with Gasteiger partial charge in [0.1, 0.15) is 11.5 Å². The van der Waals surface area contributed by atoms with Crippen LogP contribution in [0.2, 0.25) is 0 Å². The number of amides is 1. The van der Waals surface area contributed by atoms with E-state index in [0.717, 1.165) is 10.9 Å². The highest BCUT2D eigenvalue weighted by molar-refractivity contribution is 5.84. The molecule has 0 radical (unpaired) electrons. The SMILES string of the molecule is CCOc1cccc2cc(C(C)NC(=O)Cc3ccccc3OC)oc12. The summed E-state index contributed by atoms with van der Waals surface area (Å²) in [5, 5.41) is 3.93. The second kappa shape index (κ2) is 7.95. The summed E-state index contributed by atoms with van der Waals surface area (Å²) in [6.45, 7) is 4.40. The van der Waals surface area contributed by atoms with Crippen molar-refractivity contribution in [1.29, 1.82) is 0 Å². The third-order valence-electron chi connectivity index (χ3n) is 4.17. The van der Waals surface area contributed by atoms with Crippen molar-refractivity contribution in [1.82, 2.24) is 5.32 Å². The van der Waals surface area contributed by atoms with Crippen LogP contribution in [0, 0.1) is 0 Å². The van der Waals surface area contributed by atoms with Crippen LogP contribution in [0.4, 0.5) is 0 Å². The number of carbonyl (C=O) groups is 1. The second-order valence-corrected chi connectivity index (χ2v) is 6.03. The molecule has 1 amide bonds. The number of hydrogen-bond acceptors (Lipinski definition) is 4. The van der Waals surface area contributed by atoms with E-state index in [9.17, 15) is 4.79 Å². The van der Waals surface area contributed by atoms with E-state index in [1.807, 2.05) is 62.4 Å². The molecular weight excluding hydrogens is 330 g/mol. The van der Waals surface area contributed by atoms with Crippen LogP contribution in [0.25, 0.3) is 11.0 Å². The molecule has 3 aromatic rings. The predicted molar refractivity (Wildman–Crippen MR) is 101 cm³/mol. The Bertz CT molecular complexity index is 900. The van der Waals surface area contributed by atoms with Crippen molar-refractivity contribution in [3.05, 3.63) is 59.9 Å². The van der Waals surface area contributed by atoms with Crippen molar-refractivity contribution in [2.45, 2.75) is 26.3 Å². The highest BCUT2D eigenvalue weighted by atomic mass is 16.5. The maximum absolute atomic E-state index is 12.4. The molecule has 1 unspecified atom stereocenters. The van der Waals surface area contributed by atoms with Crippen LogP contribution >= 0.6 is 0 Å². The molecule has 5 heteroatoms. The Morgan fingerprint density at radius 1 is 1.15 bits per heavy atom. The molecule has 0 aliphatic rings. The Labute approximate surface area is 152 Å². The quantitative estimate of drug-likeness (QED) is 0.689. The highest BCUT2D eigenvalue weighted by Gasteiger charge is 2.17. The largest absolute Gasteiger partial charge is 0.496 e. The van der Waals surface area contributed by atoms with Gasteiger partial charge < -0.3 is 19.2 Å². The Kier molecular flexibility index (Phi) is 5.46. The van der Waals surface area contributed by atoms with Crippen molar-refractivity contribution in [3.63, 3.8) is 0 Å². The number of furan rings is 1. The molecule has 5 nitrogen and oxygen atoms in total. The zero-order valence-corrected chi connectivity index (χ0v) is 15.2. The summed E-state index contributed by atoms with van der Waals surface area (Å²) >= 11 is 0. The molecule has 0 aliphatic carbocycles. The fourth-order valence-corrected chi connectivity index (χ4v) is 2.92. The topological polar surface area (TPSA) is 60.7 Å². The third-order valence-corrected chi connectivity index (χ3v) is 4.17. The van der Waals surface area contributed by atoms with Gasteiger partial charge in [-0.3, -0.25) is 4.79 Å². The molecule has 136 valence electrons. The maximum atomic E-state index is 12.4. The van der Waals surface area contributed by atoms with Crippen molar-refractivity contribution >= 4 is 16.9 Å². The van der Waals surface area contributed by atoms with Gasteiger partial charge in [-0.25, -0.2) is 0 Å². The Balaban J connectivity index is 1.73. The number of para-hydroxylation sites is 2. The Morgan fingerprint density at radius 2 is 1.92 bits per heavy atom. The number of ether oxygens (including phenoxy) is 2. The first-order valence-corrected chi connectivity index (χ1v) is 8.69. The summed E-state index contributed by atoms with van der Waals surface area (Å²) < 4.78 is 16.8. The highest BCUT2D eigenvalue weighted by Crippen LogP contribution is 2.31. The van der Waals surface area contributed by atoms with E-state index in [1.165, 1.54) is 0 Å². The number of rotatable bonds is 7. The molecule has 26 heavy (non-hydrogen) atoms. The molecular formula is C21H23NO4. The lowest BCUT2D eigenvalue weighted by Gasteiger charge is -2.13. The first-order chi connectivity index (χ1) is 12.6. The zero-order chi connectivity index (χ0) is 18.5. The van der Waals surface area contributed by atoms with Gasteiger partial charge in [-0.05, 0) is 32.0 Å². The minimum absolute atomic E-state index is 0.0903. The second-order valence-electron chi connectivity index (χ2n) is 6.03. The molecule has 3 rings (SSSR count). The number of methoxy groups -OCH3 is 1. The normalized spacial score (nSPS) is 12.0. The lowest BCUT2D eigenvalue weighted by molar-refractivity contribution is -0.121. The van der Waals surface area contributed by atoms with Crippen LogP contribution in [0.3, 0.4) is 0 Å². The van der Waals surface area contributed by atoms with E-state index in [4.69, 9.17) is 13.9 Å². The predicted octanol–water partition coefficient (Wildman–Crippen LogP) is 4.26. The Hall–Kier alpha value is -2.95. The van der Waals surface area contributed by atoms with Crippen LogP contribution in [0.15, 0.2) is 52.9 Å². The molecule has 0 bridgehead atoms. The fourth-order valence-electron chi connectivity index (χ4n) is 2.92. The van der Waals surface area contributed by atoms with Gasteiger partial charge in [0, 0.05) is 10.9 Å². The van der Waals surface area contributed by atoms with Crippen molar-refractivity contribution in [2.24, 2.45) is 0 Å². The molecule has 0 aliphatic heterocycles. The summed E-state index contributed by atoms with van der Waals surface area (Å²) in [5.41, 5.74) is 1.55. The molecule has 1 heterocycles. The van der Waals surface area contributed by atoms with E-state index < -0.39 is 0 Å². The van der Waals surface area contributed by atoms with Crippen LogP contribution in [0.5, 0.6) is 11.5 Å². The van der Waals surface area contributed by atoms with Crippen LogP contribution in [-0.2, 0) is 11.2 Å². The van der Waals surface area contributed by atoms with E-state index in [0.29, 0.717) is 29.4 Å². The third kappa shape index (κ3) is 3.82. The van der Waals surface area contributed by atoms with Gasteiger partial charge in [-0.2, -0.15) is 0 Å². The van der Waals surface area contributed by atoms with Gasteiger partial charge in [0.2, 0.25) is 5.91 Å². The molecule has 1 N–H and O–H groups in total. The van der Waals surface area contributed by atoms with Gasteiger partial charge in [0.25, 0.3) is 0 Å². The number of nitrogens with one attached hydrogen (secondary N) is 1. The average Bonchev–Trinajstić information content (AvgIpc) is 3.08. The maximum Gasteiger partial charge on any atom is 0.225 e. The molecule has 0 spiro atoms. The standard InChI is InChI=1S/C21H23NO4/c1-4-25-18-11-7-9-16-12-19(26-21(16)18)14(2)22-20(23)13-15-8-5-6-10-17(15)24-3/h5-12,14H,4,13H2,1-3H3,(H,22,23). The zero-order valence-electron chi connectivity index (χ0n) is 15.2. The molecule has 0 saturated carbocycles. The minimum Gasteiger partial charge on any atom is -0.496 e. The summed E-state index contributed by atoms with van der Waals surface area (Å²) in [4.78, 5) is 12.4. The fraction of sp³-hybridized carbons (Fsp3) is 0.286. The summed E-state index contributed by atoms with van der Waals surface area (Å²) in [6, 6.07) is 15.0. The molecule has 1 aromatic heterocycles. The molecule has 0 fully saturated rings. The lowest BCUT2D eigenvalue weighted by atomic mass is 10.1. The summed E-state index contributed by atoms with van der Waals surface area (Å²) in [5.74, 6) is 2.03. The number of carbonyl (C=O) groups excluding carboxylic acids is 1. The first-order valence-electron chi connectivity index (χ1n) is 8.69. The van der Waals surface area contributed by atoms with E-state index in [2.05, 4.69) is 5.32 Å². The number of fused-ring (bicyclic) bond motifs is 1. The van der Waals surface area contributed by atoms with Gasteiger partial charge in [0.15, 0.2) is 11.3 Å². The van der Waals surface area contributed by atoms with Crippen molar-refractivity contribution in [2.75, 3.05) is 13.7 Å². The molecule has 2 aromatic carbocycles. The van der Waals surface area contributed by atoms with Crippen molar-refractivity contribution in [3.8, 4) is 11.5 Å². The minimum atomic E-state index is -0.251.